The van der Waals surface area contributed by atoms with Gasteiger partial charge in [-0.15, -0.1) is 0 Å². The molecule has 1 saturated heterocycles. The van der Waals surface area contributed by atoms with Crippen LogP contribution in [0.3, 0.4) is 0 Å². The van der Waals surface area contributed by atoms with Crippen molar-refractivity contribution in [3.63, 3.8) is 0 Å². The number of ether oxygens (including phenoxy) is 1. The number of amides is 1. The number of carbonyl (C=O) groups excluding carboxylic acids is 1. The zero-order valence-electron chi connectivity index (χ0n) is 12.1. The molecule has 0 radical (unpaired) electrons. The van der Waals surface area contributed by atoms with Gasteiger partial charge in [0.15, 0.2) is 6.10 Å². The first kappa shape index (κ1) is 13.2. The molecule has 1 aromatic rings. The maximum absolute atomic E-state index is 12.3. The molecular formula is C15H21N3O2. The van der Waals surface area contributed by atoms with Crippen molar-refractivity contribution in [2.24, 2.45) is 0 Å². The van der Waals surface area contributed by atoms with E-state index in [4.69, 9.17) is 4.74 Å². The number of benzene rings is 1. The van der Waals surface area contributed by atoms with Gasteiger partial charge in [0.1, 0.15) is 11.4 Å². The summed E-state index contributed by atoms with van der Waals surface area (Å²) >= 11 is 0. The van der Waals surface area contributed by atoms with E-state index in [9.17, 15) is 4.79 Å². The largest absolute Gasteiger partial charge is 0.479 e. The van der Waals surface area contributed by atoms with E-state index in [1.807, 2.05) is 30.9 Å². The van der Waals surface area contributed by atoms with Crippen LogP contribution in [0, 0.1) is 0 Å². The Bertz CT molecular complexity index is 512. The number of likely N-dealkylation sites (N-methyl/N-ethyl adjacent to an activating group) is 1. The number of anilines is 2. The summed E-state index contributed by atoms with van der Waals surface area (Å²) in [5, 5.41) is 3.35. The maximum Gasteiger partial charge on any atom is 0.267 e. The van der Waals surface area contributed by atoms with Crippen molar-refractivity contribution in [2.75, 3.05) is 42.5 Å². The first-order chi connectivity index (χ1) is 9.72. The summed E-state index contributed by atoms with van der Waals surface area (Å²) in [6, 6.07) is 6.04. The number of carbonyl (C=O) groups is 1. The van der Waals surface area contributed by atoms with Crippen LogP contribution in [0.5, 0.6) is 5.75 Å². The number of nitrogens with zero attached hydrogens (tertiary/aromatic N) is 2. The van der Waals surface area contributed by atoms with E-state index in [-0.39, 0.29) is 5.91 Å². The molecule has 2 aliphatic heterocycles. The Hall–Kier alpha value is -1.75. The highest BCUT2D eigenvalue weighted by atomic mass is 16.5. The molecule has 0 aliphatic carbocycles. The topological polar surface area (TPSA) is 44.8 Å². The van der Waals surface area contributed by atoms with Crippen LogP contribution in [0.2, 0.25) is 0 Å². The average Bonchev–Trinajstić information content (AvgIpc) is 2.49. The first-order valence-corrected chi connectivity index (χ1v) is 7.29. The van der Waals surface area contributed by atoms with Crippen molar-refractivity contribution in [1.82, 2.24) is 5.32 Å². The second kappa shape index (κ2) is 5.32. The van der Waals surface area contributed by atoms with Crippen molar-refractivity contribution in [3.05, 3.63) is 18.2 Å². The highest BCUT2D eigenvalue weighted by Gasteiger charge is 2.33. The first-order valence-electron chi connectivity index (χ1n) is 7.29. The quantitative estimate of drug-likeness (QED) is 0.882. The molecule has 0 spiro atoms. The van der Waals surface area contributed by atoms with Gasteiger partial charge in [0, 0.05) is 32.7 Å². The normalized spacial score (nSPS) is 22.5. The van der Waals surface area contributed by atoms with Gasteiger partial charge in [0.05, 0.1) is 5.69 Å². The van der Waals surface area contributed by atoms with Gasteiger partial charge in [0.2, 0.25) is 0 Å². The highest BCUT2D eigenvalue weighted by molar-refractivity contribution is 6.03. The van der Waals surface area contributed by atoms with Gasteiger partial charge >= 0.3 is 0 Å². The molecule has 0 bridgehead atoms. The third-order valence-corrected chi connectivity index (χ3v) is 3.94. The van der Waals surface area contributed by atoms with Crippen molar-refractivity contribution in [1.29, 1.82) is 0 Å². The Morgan fingerprint density at radius 2 is 2.10 bits per heavy atom. The van der Waals surface area contributed by atoms with Crippen LogP contribution in [0.25, 0.3) is 0 Å². The van der Waals surface area contributed by atoms with E-state index in [1.54, 1.807) is 0 Å². The van der Waals surface area contributed by atoms with Crippen LogP contribution >= 0.6 is 0 Å². The molecule has 1 fully saturated rings. The summed E-state index contributed by atoms with van der Waals surface area (Å²) in [5.41, 5.74) is 2.03. The second-order valence-corrected chi connectivity index (χ2v) is 5.20. The van der Waals surface area contributed by atoms with Gasteiger partial charge in [-0.25, -0.2) is 0 Å². The Kier molecular flexibility index (Phi) is 3.53. The predicted octanol–water partition coefficient (Wildman–Crippen LogP) is 1.23. The van der Waals surface area contributed by atoms with Crippen LogP contribution in [0.15, 0.2) is 18.2 Å². The fraction of sp³-hybridized carbons (Fsp3) is 0.533. The fourth-order valence-corrected chi connectivity index (χ4v) is 2.92. The van der Waals surface area contributed by atoms with Gasteiger partial charge in [0.25, 0.3) is 5.91 Å². The van der Waals surface area contributed by atoms with Crippen molar-refractivity contribution < 1.29 is 9.53 Å². The van der Waals surface area contributed by atoms with E-state index >= 15 is 0 Å². The molecule has 1 aromatic carbocycles. The molecule has 1 amide bonds. The molecule has 1 atom stereocenters. The van der Waals surface area contributed by atoms with Gasteiger partial charge < -0.3 is 19.9 Å². The lowest BCUT2D eigenvalue weighted by atomic mass is 10.1. The maximum atomic E-state index is 12.3. The molecule has 2 heterocycles. The number of fused-ring (bicyclic) bond motifs is 1. The zero-order valence-corrected chi connectivity index (χ0v) is 12.1. The molecule has 2 aliphatic rings. The van der Waals surface area contributed by atoms with Crippen LogP contribution < -0.4 is 19.9 Å². The number of piperazine rings is 1. The minimum Gasteiger partial charge on any atom is -0.479 e. The summed E-state index contributed by atoms with van der Waals surface area (Å²) in [7, 11) is 0. The lowest BCUT2D eigenvalue weighted by Gasteiger charge is -2.38. The standard InChI is InChI=1S/C15H21N3O2/c1-3-18-14-12(17-9-7-16-8-10-17)5-4-6-13(14)20-11(2)15(18)19/h4-6,11,16H,3,7-10H2,1-2H3. The summed E-state index contributed by atoms with van der Waals surface area (Å²) in [6.07, 6.45) is -0.402. The molecule has 3 rings (SSSR count). The summed E-state index contributed by atoms with van der Waals surface area (Å²) in [6.45, 7) is 8.35. The molecule has 0 aromatic heterocycles. The SMILES string of the molecule is CCN1C(=O)C(C)Oc2cccc(N3CCNCC3)c21. The van der Waals surface area contributed by atoms with E-state index < -0.39 is 6.10 Å². The van der Waals surface area contributed by atoms with Gasteiger partial charge in [-0.1, -0.05) is 6.07 Å². The molecule has 108 valence electrons. The Morgan fingerprint density at radius 3 is 2.80 bits per heavy atom. The lowest BCUT2D eigenvalue weighted by Crippen LogP contribution is -2.47. The minimum absolute atomic E-state index is 0.0441. The van der Waals surface area contributed by atoms with Gasteiger partial charge in [-0.05, 0) is 26.0 Å². The third-order valence-electron chi connectivity index (χ3n) is 3.94. The van der Waals surface area contributed by atoms with Crippen LogP contribution in [0.1, 0.15) is 13.8 Å². The highest BCUT2D eigenvalue weighted by Crippen LogP contribution is 2.41. The van der Waals surface area contributed by atoms with E-state index in [2.05, 4.69) is 16.3 Å². The lowest BCUT2D eigenvalue weighted by molar-refractivity contribution is -0.125. The van der Waals surface area contributed by atoms with Crippen molar-refractivity contribution >= 4 is 17.3 Å². The van der Waals surface area contributed by atoms with Crippen molar-refractivity contribution in [3.8, 4) is 5.75 Å². The van der Waals surface area contributed by atoms with Crippen molar-refractivity contribution in [2.45, 2.75) is 20.0 Å². The monoisotopic (exact) mass is 275 g/mol. The molecule has 5 heteroatoms. The van der Waals surface area contributed by atoms with E-state index in [0.717, 1.165) is 43.3 Å². The Balaban J connectivity index is 2.04. The third kappa shape index (κ3) is 2.12. The Labute approximate surface area is 119 Å². The minimum atomic E-state index is -0.402. The van der Waals surface area contributed by atoms with E-state index in [1.165, 1.54) is 0 Å². The molecule has 20 heavy (non-hydrogen) atoms. The van der Waals surface area contributed by atoms with Gasteiger partial charge in [-0.3, -0.25) is 4.79 Å². The number of nitrogens with one attached hydrogen (secondary N) is 1. The Morgan fingerprint density at radius 1 is 1.35 bits per heavy atom. The zero-order chi connectivity index (χ0) is 14.1. The molecule has 1 N–H and O–H groups in total. The second-order valence-electron chi connectivity index (χ2n) is 5.20. The van der Waals surface area contributed by atoms with Crippen LogP contribution in [0.4, 0.5) is 11.4 Å². The fourth-order valence-electron chi connectivity index (χ4n) is 2.92. The number of rotatable bonds is 2. The number of hydrogen-bond acceptors (Lipinski definition) is 4. The van der Waals surface area contributed by atoms with Crippen LogP contribution in [-0.2, 0) is 4.79 Å². The molecule has 0 saturated carbocycles. The predicted molar refractivity (Wildman–Crippen MR) is 79.6 cm³/mol. The number of hydrogen-bond donors (Lipinski definition) is 1. The number of para-hydroxylation sites is 1. The summed E-state index contributed by atoms with van der Waals surface area (Å²) < 4.78 is 5.77. The molecule has 1 unspecified atom stereocenters. The average molecular weight is 275 g/mol. The molecular weight excluding hydrogens is 254 g/mol. The smallest absolute Gasteiger partial charge is 0.267 e. The van der Waals surface area contributed by atoms with Crippen LogP contribution in [-0.4, -0.2) is 44.7 Å². The van der Waals surface area contributed by atoms with Gasteiger partial charge in [-0.2, -0.15) is 0 Å². The molecule has 5 nitrogen and oxygen atoms in total. The van der Waals surface area contributed by atoms with E-state index in [0.29, 0.717) is 6.54 Å². The summed E-state index contributed by atoms with van der Waals surface area (Å²) in [4.78, 5) is 16.5. The summed E-state index contributed by atoms with van der Waals surface area (Å²) in [5.74, 6) is 0.859.